The number of benzene rings is 1. The molecule has 4 heteroatoms. The van der Waals surface area contributed by atoms with Crippen LogP contribution < -0.4 is 15.4 Å². The number of ether oxygens (including phenoxy) is 1. The van der Waals surface area contributed by atoms with Crippen molar-refractivity contribution in [3.05, 3.63) is 23.8 Å². The van der Waals surface area contributed by atoms with E-state index in [9.17, 15) is 4.79 Å². The molecule has 0 aliphatic heterocycles. The monoisotopic (exact) mass is 220 g/mol. The zero-order valence-electron chi connectivity index (χ0n) is 9.54. The Balaban J connectivity index is 1.99. The number of nitrogens with one attached hydrogen (secondary N) is 2. The van der Waals surface area contributed by atoms with Crippen LogP contribution in [0.4, 0.5) is 10.5 Å². The number of hydrogen-bond donors (Lipinski definition) is 2. The summed E-state index contributed by atoms with van der Waals surface area (Å²) in [6.45, 7) is 1.97. The fourth-order valence-electron chi connectivity index (χ4n) is 1.48. The van der Waals surface area contributed by atoms with Gasteiger partial charge in [0.1, 0.15) is 5.75 Å². The Labute approximate surface area is 95.0 Å². The number of carbonyl (C=O) groups excluding carboxylic acids is 1. The molecule has 0 heterocycles. The second-order valence-corrected chi connectivity index (χ2v) is 4.06. The van der Waals surface area contributed by atoms with Crippen molar-refractivity contribution in [2.75, 3.05) is 12.4 Å². The predicted molar refractivity (Wildman–Crippen MR) is 62.9 cm³/mol. The van der Waals surface area contributed by atoms with Gasteiger partial charge < -0.3 is 15.4 Å². The van der Waals surface area contributed by atoms with Crippen LogP contribution in [0.25, 0.3) is 0 Å². The summed E-state index contributed by atoms with van der Waals surface area (Å²) in [5.74, 6) is 0.782. The minimum absolute atomic E-state index is 0.145. The zero-order valence-corrected chi connectivity index (χ0v) is 9.54. The van der Waals surface area contributed by atoms with Crippen LogP contribution in [0.5, 0.6) is 5.75 Å². The van der Waals surface area contributed by atoms with E-state index >= 15 is 0 Å². The summed E-state index contributed by atoms with van der Waals surface area (Å²) in [6.07, 6.45) is 2.18. The summed E-state index contributed by atoms with van der Waals surface area (Å²) >= 11 is 0. The Bertz CT molecular complexity index is 400. The number of hydrogen-bond acceptors (Lipinski definition) is 2. The molecule has 0 saturated heterocycles. The molecule has 4 nitrogen and oxygen atoms in total. The van der Waals surface area contributed by atoms with Gasteiger partial charge in [0.15, 0.2) is 0 Å². The van der Waals surface area contributed by atoms with Crippen molar-refractivity contribution in [2.45, 2.75) is 25.8 Å². The van der Waals surface area contributed by atoms with Gasteiger partial charge in [-0.2, -0.15) is 0 Å². The van der Waals surface area contributed by atoms with Gasteiger partial charge in [0.25, 0.3) is 0 Å². The first kappa shape index (κ1) is 10.8. The largest absolute Gasteiger partial charge is 0.496 e. The molecule has 0 spiro atoms. The average Bonchev–Trinajstić information content (AvgIpc) is 3.04. The highest BCUT2D eigenvalue weighted by molar-refractivity contribution is 5.89. The van der Waals surface area contributed by atoms with Crippen LogP contribution in [0.15, 0.2) is 18.2 Å². The standard InChI is InChI=1S/C12H16N2O2/c1-8-3-4-10(7-11(8)16-2)14-12(15)13-9-5-6-9/h3-4,7,9H,5-6H2,1-2H3,(H2,13,14,15). The highest BCUT2D eigenvalue weighted by Gasteiger charge is 2.23. The third-order valence-corrected chi connectivity index (χ3v) is 2.58. The summed E-state index contributed by atoms with van der Waals surface area (Å²) in [7, 11) is 1.62. The molecule has 86 valence electrons. The van der Waals surface area contributed by atoms with Crippen molar-refractivity contribution in [1.29, 1.82) is 0 Å². The summed E-state index contributed by atoms with van der Waals surface area (Å²) in [5.41, 5.74) is 1.80. The first-order valence-corrected chi connectivity index (χ1v) is 5.41. The Morgan fingerprint density at radius 1 is 1.44 bits per heavy atom. The fourth-order valence-corrected chi connectivity index (χ4v) is 1.48. The van der Waals surface area contributed by atoms with Gasteiger partial charge >= 0.3 is 6.03 Å². The molecule has 0 aromatic heterocycles. The van der Waals surface area contributed by atoms with Crippen molar-refractivity contribution in [2.24, 2.45) is 0 Å². The molecular formula is C12H16N2O2. The number of carbonyl (C=O) groups is 1. The maximum absolute atomic E-state index is 11.5. The molecule has 1 aromatic carbocycles. The number of urea groups is 1. The quantitative estimate of drug-likeness (QED) is 0.821. The van der Waals surface area contributed by atoms with Gasteiger partial charge in [0.2, 0.25) is 0 Å². The van der Waals surface area contributed by atoms with Crippen LogP contribution in [-0.2, 0) is 0 Å². The van der Waals surface area contributed by atoms with Crippen molar-refractivity contribution < 1.29 is 9.53 Å². The normalized spacial score (nSPS) is 14.4. The van der Waals surface area contributed by atoms with Crippen LogP contribution in [0.3, 0.4) is 0 Å². The lowest BCUT2D eigenvalue weighted by molar-refractivity contribution is 0.251. The third kappa shape index (κ3) is 2.66. The number of aryl methyl sites for hydroxylation is 1. The minimum atomic E-state index is -0.145. The van der Waals surface area contributed by atoms with Crippen LogP contribution in [0, 0.1) is 6.92 Å². The molecule has 2 N–H and O–H groups in total. The maximum Gasteiger partial charge on any atom is 0.319 e. The Morgan fingerprint density at radius 2 is 2.19 bits per heavy atom. The summed E-state index contributed by atoms with van der Waals surface area (Å²) in [5, 5.41) is 5.65. The molecule has 2 rings (SSSR count). The van der Waals surface area contributed by atoms with E-state index in [2.05, 4.69) is 10.6 Å². The molecule has 0 unspecified atom stereocenters. The number of methoxy groups -OCH3 is 1. The lowest BCUT2D eigenvalue weighted by Gasteiger charge is -2.09. The van der Waals surface area contributed by atoms with Crippen molar-refractivity contribution in [3.8, 4) is 5.75 Å². The zero-order chi connectivity index (χ0) is 11.5. The van der Waals surface area contributed by atoms with E-state index in [1.54, 1.807) is 7.11 Å². The van der Waals surface area contributed by atoms with E-state index in [0.29, 0.717) is 6.04 Å². The molecular weight excluding hydrogens is 204 g/mol. The summed E-state index contributed by atoms with van der Waals surface area (Å²) in [4.78, 5) is 11.5. The van der Waals surface area contributed by atoms with Gasteiger partial charge in [-0.15, -0.1) is 0 Å². The number of rotatable bonds is 3. The lowest BCUT2D eigenvalue weighted by atomic mass is 10.2. The van der Waals surface area contributed by atoms with E-state index in [1.165, 1.54) is 0 Å². The van der Waals surface area contributed by atoms with Crippen LogP contribution in [0.1, 0.15) is 18.4 Å². The molecule has 1 aliphatic rings. The smallest absolute Gasteiger partial charge is 0.319 e. The van der Waals surface area contributed by atoms with E-state index in [4.69, 9.17) is 4.74 Å². The molecule has 2 amide bonds. The molecule has 1 saturated carbocycles. The van der Waals surface area contributed by atoms with E-state index < -0.39 is 0 Å². The van der Waals surface area contributed by atoms with E-state index in [1.807, 2.05) is 25.1 Å². The van der Waals surface area contributed by atoms with Crippen LogP contribution in [0.2, 0.25) is 0 Å². The Hall–Kier alpha value is -1.71. The van der Waals surface area contributed by atoms with Gasteiger partial charge in [-0.1, -0.05) is 6.07 Å². The first-order valence-electron chi connectivity index (χ1n) is 5.41. The van der Waals surface area contributed by atoms with Gasteiger partial charge in [-0.05, 0) is 31.4 Å². The van der Waals surface area contributed by atoms with E-state index in [0.717, 1.165) is 29.8 Å². The maximum atomic E-state index is 11.5. The summed E-state index contributed by atoms with van der Waals surface area (Å²) in [6, 6.07) is 5.83. The van der Waals surface area contributed by atoms with Crippen LogP contribution >= 0.6 is 0 Å². The first-order chi connectivity index (χ1) is 7.69. The molecule has 0 atom stereocenters. The lowest BCUT2D eigenvalue weighted by Crippen LogP contribution is -2.30. The van der Waals surface area contributed by atoms with E-state index in [-0.39, 0.29) is 6.03 Å². The van der Waals surface area contributed by atoms with Crippen molar-refractivity contribution >= 4 is 11.7 Å². The van der Waals surface area contributed by atoms with Gasteiger partial charge in [-0.3, -0.25) is 0 Å². The topological polar surface area (TPSA) is 50.4 Å². The fraction of sp³-hybridized carbons (Fsp3) is 0.417. The minimum Gasteiger partial charge on any atom is -0.496 e. The van der Waals surface area contributed by atoms with Gasteiger partial charge in [0, 0.05) is 17.8 Å². The molecule has 1 aliphatic carbocycles. The average molecular weight is 220 g/mol. The Morgan fingerprint density at radius 3 is 2.81 bits per heavy atom. The second-order valence-electron chi connectivity index (χ2n) is 4.06. The molecule has 1 fully saturated rings. The van der Waals surface area contributed by atoms with Crippen molar-refractivity contribution in [3.63, 3.8) is 0 Å². The molecule has 16 heavy (non-hydrogen) atoms. The highest BCUT2D eigenvalue weighted by Crippen LogP contribution is 2.22. The number of amides is 2. The second kappa shape index (κ2) is 4.43. The van der Waals surface area contributed by atoms with Gasteiger partial charge in [0.05, 0.1) is 7.11 Å². The predicted octanol–water partition coefficient (Wildman–Crippen LogP) is 2.29. The van der Waals surface area contributed by atoms with Gasteiger partial charge in [-0.25, -0.2) is 4.79 Å². The Kier molecular flexibility index (Phi) is 2.99. The molecule has 0 bridgehead atoms. The third-order valence-electron chi connectivity index (χ3n) is 2.58. The summed E-state index contributed by atoms with van der Waals surface area (Å²) < 4.78 is 5.19. The molecule has 1 aromatic rings. The van der Waals surface area contributed by atoms with Crippen molar-refractivity contribution in [1.82, 2.24) is 5.32 Å². The number of anilines is 1. The molecule has 0 radical (unpaired) electrons. The van der Waals surface area contributed by atoms with Crippen LogP contribution in [-0.4, -0.2) is 19.2 Å². The SMILES string of the molecule is COc1cc(NC(=O)NC2CC2)ccc1C. The highest BCUT2D eigenvalue weighted by atomic mass is 16.5.